The van der Waals surface area contributed by atoms with E-state index in [0.29, 0.717) is 44.6 Å². The van der Waals surface area contributed by atoms with Gasteiger partial charge < -0.3 is 14.8 Å². The third kappa shape index (κ3) is 6.44. The maximum Gasteiger partial charge on any atom is 0.338 e. The topological polar surface area (TPSA) is 108 Å². The number of rotatable bonds is 9. The van der Waals surface area contributed by atoms with Crippen molar-refractivity contribution in [1.82, 2.24) is 14.8 Å². The van der Waals surface area contributed by atoms with Crippen LogP contribution in [-0.2, 0) is 15.3 Å². The number of aliphatic imine (C=N–C) groups is 1. The molecule has 1 amide bonds. The smallest absolute Gasteiger partial charge is 0.338 e. The van der Waals surface area contributed by atoms with Gasteiger partial charge in [-0.15, -0.1) is 5.10 Å². The Morgan fingerprint density at radius 1 is 1.02 bits per heavy atom. The van der Waals surface area contributed by atoms with Crippen molar-refractivity contribution in [3.63, 3.8) is 0 Å². The van der Waals surface area contributed by atoms with E-state index in [9.17, 15) is 9.59 Å². The fourth-order valence-electron chi connectivity index (χ4n) is 4.54. The van der Waals surface area contributed by atoms with Crippen LogP contribution in [0, 0.1) is 5.92 Å². The van der Waals surface area contributed by atoms with Crippen LogP contribution in [0.1, 0.15) is 41.4 Å². The van der Waals surface area contributed by atoms with Gasteiger partial charge >= 0.3 is 5.97 Å². The zero-order valence-electron chi connectivity index (χ0n) is 22.7. The van der Waals surface area contributed by atoms with E-state index in [1.807, 2.05) is 55.5 Å². The van der Waals surface area contributed by atoms with Gasteiger partial charge in [0.15, 0.2) is 0 Å². The summed E-state index contributed by atoms with van der Waals surface area (Å²) in [5.74, 6) is 0.454. The molecule has 9 nitrogen and oxygen atoms in total. The fraction of sp³-hybridized carbons (Fsp3) is 0.233. The molecule has 11 heteroatoms. The van der Waals surface area contributed by atoms with E-state index < -0.39 is 17.9 Å². The van der Waals surface area contributed by atoms with Gasteiger partial charge in [0.25, 0.3) is 0 Å². The molecule has 41 heavy (non-hydrogen) atoms. The van der Waals surface area contributed by atoms with Crippen LogP contribution in [0.15, 0.2) is 82.9 Å². The van der Waals surface area contributed by atoms with Gasteiger partial charge in [0.1, 0.15) is 11.7 Å². The minimum Gasteiger partial charge on any atom is -0.497 e. The molecule has 1 aromatic heterocycles. The number of anilines is 1. The van der Waals surface area contributed by atoms with E-state index in [2.05, 4.69) is 15.3 Å². The number of hydrogen-bond donors (Lipinski definition) is 1. The van der Waals surface area contributed by atoms with Crippen molar-refractivity contribution < 1.29 is 19.1 Å². The molecule has 2 unspecified atom stereocenters. The molecule has 2 atom stereocenters. The molecule has 0 radical (unpaired) electrons. The van der Waals surface area contributed by atoms with Gasteiger partial charge in [0.2, 0.25) is 17.0 Å². The first-order valence-electron chi connectivity index (χ1n) is 13.0. The Morgan fingerprint density at radius 2 is 1.73 bits per heavy atom. The first kappa shape index (κ1) is 28.4. The maximum absolute atomic E-state index is 13.8. The molecule has 0 spiro atoms. The second kappa shape index (κ2) is 12.6. The van der Waals surface area contributed by atoms with Crippen LogP contribution >= 0.6 is 23.4 Å². The number of nitrogens with one attached hydrogen (secondary N) is 1. The summed E-state index contributed by atoms with van der Waals surface area (Å²) in [6.07, 6.45) is 0. The summed E-state index contributed by atoms with van der Waals surface area (Å²) in [7, 11) is 1.61. The molecule has 2 heterocycles. The molecule has 210 valence electrons. The second-order valence-corrected chi connectivity index (χ2v) is 10.7. The molecule has 0 aliphatic carbocycles. The van der Waals surface area contributed by atoms with Crippen molar-refractivity contribution in [1.29, 1.82) is 0 Å². The number of carbonyl (C=O) groups excluding carboxylic acids is 2. The summed E-state index contributed by atoms with van der Waals surface area (Å²) in [4.78, 5) is 35.1. The molecule has 4 aromatic rings. The highest BCUT2D eigenvalue weighted by Crippen LogP contribution is 2.38. The summed E-state index contributed by atoms with van der Waals surface area (Å²) in [6.45, 7) is 3.86. The Morgan fingerprint density at radius 3 is 2.39 bits per heavy atom. The molecule has 0 bridgehead atoms. The van der Waals surface area contributed by atoms with E-state index in [1.165, 1.54) is 11.8 Å². The van der Waals surface area contributed by atoms with Crippen molar-refractivity contribution in [2.24, 2.45) is 10.9 Å². The summed E-state index contributed by atoms with van der Waals surface area (Å²) in [5, 5.41) is 8.99. The summed E-state index contributed by atoms with van der Waals surface area (Å²) < 4.78 is 12.1. The Balaban J connectivity index is 1.43. The SMILES string of the molecule is CCOC(=O)c1ccc(NC(=O)C2C(C)=Nc3nc(SCc4ccc(Cl)cc4)nn3C2c2ccc(OC)cc2)cc1. The summed E-state index contributed by atoms with van der Waals surface area (Å²) >= 11 is 7.50. The fourth-order valence-corrected chi connectivity index (χ4v) is 5.44. The number of esters is 1. The first-order valence-corrected chi connectivity index (χ1v) is 14.3. The van der Waals surface area contributed by atoms with E-state index >= 15 is 0 Å². The van der Waals surface area contributed by atoms with Gasteiger partial charge in [-0.25, -0.2) is 14.5 Å². The minimum atomic E-state index is -0.670. The summed E-state index contributed by atoms with van der Waals surface area (Å²) in [6, 6.07) is 21.3. The Bertz CT molecular complexity index is 1570. The molecule has 0 saturated carbocycles. The number of fused-ring (bicyclic) bond motifs is 1. The van der Waals surface area contributed by atoms with E-state index in [4.69, 9.17) is 26.2 Å². The second-order valence-electron chi connectivity index (χ2n) is 9.29. The molecular weight excluding hydrogens is 562 g/mol. The predicted molar refractivity (Wildman–Crippen MR) is 159 cm³/mol. The predicted octanol–water partition coefficient (Wildman–Crippen LogP) is 6.36. The number of thioether (sulfide) groups is 1. The van der Waals surface area contributed by atoms with Crippen molar-refractivity contribution in [3.05, 3.63) is 94.5 Å². The van der Waals surface area contributed by atoms with E-state index in [1.54, 1.807) is 43.0 Å². The van der Waals surface area contributed by atoms with Crippen molar-refractivity contribution >= 4 is 52.6 Å². The summed E-state index contributed by atoms with van der Waals surface area (Å²) in [5.41, 5.74) is 3.52. The van der Waals surface area contributed by atoms with Gasteiger partial charge in [0.05, 0.1) is 25.3 Å². The lowest BCUT2D eigenvalue weighted by Crippen LogP contribution is -2.39. The third-order valence-electron chi connectivity index (χ3n) is 6.58. The number of benzene rings is 3. The third-order valence-corrected chi connectivity index (χ3v) is 7.74. The Labute approximate surface area is 246 Å². The van der Waals surface area contributed by atoms with Crippen LogP contribution in [0.4, 0.5) is 11.6 Å². The van der Waals surface area contributed by atoms with Gasteiger partial charge in [-0.3, -0.25) is 4.79 Å². The number of ether oxygens (including phenoxy) is 2. The normalized spacial score (nSPS) is 16.0. The standard InChI is InChI=1S/C30H28ClN5O4S/c1-4-40-28(38)21-7-13-23(14-8-21)33-27(37)25-18(2)32-29-34-30(41-17-19-5-11-22(31)12-6-19)35-36(29)26(25)20-9-15-24(39-3)16-10-20/h5-16,25-26H,4,17H2,1-3H3,(H,33,37). The quantitative estimate of drug-likeness (QED) is 0.179. The monoisotopic (exact) mass is 589 g/mol. The van der Waals surface area contributed by atoms with Crippen molar-refractivity contribution in [2.75, 3.05) is 19.0 Å². The molecule has 1 aliphatic rings. The lowest BCUT2D eigenvalue weighted by molar-refractivity contribution is -0.118. The highest BCUT2D eigenvalue weighted by Gasteiger charge is 2.39. The van der Waals surface area contributed by atoms with Crippen LogP contribution in [0.5, 0.6) is 5.75 Å². The van der Waals surface area contributed by atoms with Crippen molar-refractivity contribution in [2.45, 2.75) is 30.8 Å². The van der Waals surface area contributed by atoms with E-state index in [0.717, 1.165) is 11.1 Å². The number of hydrogen-bond acceptors (Lipinski definition) is 8. The number of amides is 1. The van der Waals surface area contributed by atoms with Crippen LogP contribution < -0.4 is 10.1 Å². The molecule has 5 rings (SSSR count). The molecule has 1 N–H and O–H groups in total. The average molecular weight is 590 g/mol. The number of halogens is 1. The highest BCUT2D eigenvalue weighted by atomic mass is 35.5. The van der Waals surface area contributed by atoms with Crippen molar-refractivity contribution in [3.8, 4) is 5.75 Å². The zero-order chi connectivity index (χ0) is 28.9. The number of nitrogens with zero attached hydrogens (tertiary/aromatic N) is 4. The van der Waals surface area contributed by atoms with Gasteiger partial charge in [-0.1, -0.05) is 47.6 Å². The number of carbonyl (C=O) groups is 2. The van der Waals surface area contributed by atoms with Gasteiger partial charge in [-0.2, -0.15) is 4.98 Å². The van der Waals surface area contributed by atoms with Crippen LogP contribution in [0.2, 0.25) is 5.02 Å². The number of methoxy groups -OCH3 is 1. The van der Waals surface area contributed by atoms with Gasteiger partial charge in [0, 0.05) is 22.2 Å². The Kier molecular flexibility index (Phi) is 8.70. The molecule has 0 fully saturated rings. The molecule has 0 saturated heterocycles. The molecule has 1 aliphatic heterocycles. The van der Waals surface area contributed by atoms with Crippen LogP contribution in [0.3, 0.4) is 0 Å². The highest BCUT2D eigenvalue weighted by molar-refractivity contribution is 7.98. The number of aromatic nitrogens is 3. The maximum atomic E-state index is 13.8. The minimum absolute atomic E-state index is 0.257. The van der Waals surface area contributed by atoms with Gasteiger partial charge in [-0.05, 0) is 73.5 Å². The molecular formula is C30H28ClN5O4S. The van der Waals surface area contributed by atoms with E-state index in [-0.39, 0.29) is 12.5 Å². The first-order chi connectivity index (χ1) is 19.9. The van der Waals surface area contributed by atoms with Crippen LogP contribution in [-0.4, -0.2) is 46.1 Å². The lowest BCUT2D eigenvalue weighted by atomic mass is 9.87. The average Bonchev–Trinajstić information content (AvgIpc) is 3.39. The van der Waals surface area contributed by atoms with Crippen LogP contribution in [0.25, 0.3) is 0 Å². The zero-order valence-corrected chi connectivity index (χ0v) is 24.3. The lowest BCUT2D eigenvalue weighted by Gasteiger charge is -2.30. The Hall–Kier alpha value is -4.15. The largest absolute Gasteiger partial charge is 0.497 e. The molecule has 3 aromatic carbocycles.